The van der Waals surface area contributed by atoms with Crippen molar-refractivity contribution in [1.29, 1.82) is 0 Å². The Kier molecular flexibility index (Phi) is 2.19. The van der Waals surface area contributed by atoms with E-state index in [0.29, 0.717) is 22.9 Å². The molecule has 0 spiro atoms. The molecule has 18 heavy (non-hydrogen) atoms. The molecule has 0 aliphatic heterocycles. The van der Waals surface area contributed by atoms with Crippen LogP contribution in [0.3, 0.4) is 0 Å². The Labute approximate surface area is 101 Å². The molecule has 1 aromatic carbocycles. The van der Waals surface area contributed by atoms with E-state index in [-0.39, 0.29) is 12.0 Å². The highest BCUT2D eigenvalue weighted by Gasteiger charge is 2.10. The molecular weight excluding hydrogens is 236 g/mol. The van der Waals surface area contributed by atoms with Crippen LogP contribution in [0.2, 0.25) is 0 Å². The van der Waals surface area contributed by atoms with Crippen molar-refractivity contribution >= 4 is 12.0 Å². The van der Waals surface area contributed by atoms with Crippen molar-refractivity contribution in [3.05, 3.63) is 24.3 Å². The van der Waals surface area contributed by atoms with Gasteiger partial charge in [-0.15, -0.1) is 10.2 Å². The minimum absolute atomic E-state index is 0.0115. The average molecular weight is 244 g/mol. The van der Waals surface area contributed by atoms with Crippen LogP contribution in [0.1, 0.15) is 0 Å². The summed E-state index contributed by atoms with van der Waals surface area (Å²) in [5.74, 6) is 0.642. The topological polar surface area (TPSA) is 130 Å². The molecule has 0 amide bonds. The van der Waals surface area contributed by atoms with Gasteiger partial charge in [0.25, 0.3) is 0 Å². The van der Waals surface area contributed by atoms with Crippen LogP contribution < -0.4 is 11.5 Å². The molecule has 4 N–H and O–H groups in total. The molecule has 0 bridgehead atoms. The molecule has 3 rings (SSSR count). The highest BCUT2D eigenvalue weighted by molar-refractivity contribution is 5.64. The molecule has 2 heterocycles. The van der Waals surface area contributed by atoms with E-state index in [1.54, 1.807) is 24.3 Å². The lowest BCUT2D eigenvalue weighted by Gasteiger charge is -1.97. The van der Waals surface area contributed by atoms with Gasteiger partial charge in [-0.2, -0.15) is 0 Å². The normalized spacial score (nSPS) is 10.7. The summed E-state index contributed by atoms with van der Waals surface area (Å²) >= 11 is 0. The molecule has 8 nitrogen and oxygen atoms in total. The lowest BCUT2D eigenvalue weighted by Crippen LogP contribution is -1.82. The van der Waals surface area contributed by atoms with Gasteiger partial charge in [0.05, 0.1) is 0 Å². The number of rotatable bonds is 2. The molecule has 0 saturated heterocycles. The van der Waals surface area contributed by atoms with E-state index in [2.05, 4.69) is 20.4 Å². The van der Waals surface area contributed by atoms with Crippen LogP contribution in [-0.2, 0) is 0 Å². The zero-order chi connectivity index (χ0) is 12.5. The van der Waals surface area contributed by atoms with Crippen molar-refractivity contribution in [3.63, 3.8) is 0 Å². The number of benzene rings is 1. The number of hydrogen-bond acceptors (Lipinski definition) is 8. The average Bonchev–Trinajstić information content (AvgIpc) is 2.98. The van der Waals surface area contributed by atoms with Crippen molar-refractivity contribution in [2.24, 2.45) is 0 Å². The molecule has 8 heteroatoms. The van der Waals surface area contributed by atoms with Gasteiger partial charge in [0.1, 0.15) is 0 Å². The van der Waals surface area contributed by atoms with E-state index < -0.39 is 0 Å². The third-order valence-corrected chi connectivity index (χ3v) is 2.24. The Morgan fingerprint density at radius 2 is 1.28 bits per heavy atom. The number of nitrogen functional groups attached to an aromatic ring is 2. The molecule has 2 aromatic heterocycles. The minimum Gasteiger partial charge on any atom is -0.404 e. The molecule has 90 valence electrons. The monoisotopic (exact) mass is 244 g/mol. The van der Waals surface area contributed by atoms with Crippen molar-refractivity contribution in [3.8, 4) is 22.9 Å². The second kappa shape index (κ2) is 3.84. The number of nitrogens with zero attached hydrogens (tertiary/aromatic N) is 4. The fourth-order valence-electron chi connectivity index (χ4n) is 1.49. The van der Waals surface area contributed by atoms with Crippen molar-refractivity contribution in [2.75, 3.05) is 11.5 Å². The molecule has 0 fully saturated rings. The number of hydrogen-bond donors (Lipinski definition) is 2. The van der Waals surface area contributed by atoms with E-state index >= 15 is 0 Å². The maximum absolute atomic E-state index is 5.37. The number of anilines is 2. The lowest BCUT2D eigenvalue weighted by atomic mass is 10.1. The Bertz CT molecular complexity index is 634. The summed E-state index contributed by atoms with van der Waals surface area (Å²) in [6.45, 7) is 0. The second-order valence-corrected chi connectivity index (χ2v) is 3.47. The number of aromatic nitrogens is 4. The highest BCUT2D eigenvalue weighted by Crippen LogP contribution is 2.25. The molecule has 0 radical (unpaired) electrons. The lowest BCUT2D eigenvalue weighted by molar-refractivity contribution is 0.588. The Morgan fingerprint density at radius 3 is 1.67 bits per heavy atom. The summed E-state index contributed by atoms with van der Waals surface area (Å²) in [7, 11) is 0. The smallest absolute Gasteiger partial charge is 0.313 e. The highest BCUT2D eigenvalue weighted by atomic mass is 16.4. The van der Waals surface area contributed by atoms with Crippen LogP contribution in [0.25, 0.3) is 22.9 Å². The first-order valence-electron chi connectivity index (χ1n) is 5.01. The molecule has 0 atom stereocenters. The van der Waals surface area contributed by atoms with Crippen molar-refractivity contribution < 1.29 is 8.83 Å². The van der Waals surface area contributed by atoms with E-state index in [1.165, 1.54) is 0 Å². The van der Waals surface area contributed by atoms with Gasteiger partial charge < -0.3 is 20.3 Å². The standard InChI is InChI=1S/C10H8N6O2/c11-9-15-13-7(17-9)5-2-1-3-6(4-5)8-14-16-10(12)18-8/h1-4H,(H2,11,15)(H2,12,16). The van der Waals surface area contributed by atoms with Gasteiger partial charge in [-0.1, -0.05) is 16.3 Å². The first-order valence-corrected chi connectivity index (χ1v) is 5.01. The Hall–Kier alpha value is -2.90. The molecule has 0 aliphatic carbocycles. The van der Waals surface area contributed by atoms with Crippen LogP contribution in [0.15, 0.2) is 33.1 Å². The summed E-state index contributed by atoms with van der Waals surface area (Å²) < 4.78 is 10.3. The van der Waals surface area contributed by atoms with E-state index in [4.69, 9.17) is 20.3 Å². The van der Waals surface area contributed by atoms with Gasteiger partial charge >= 0.3 is 12.0 Å². The van der Waals surface area contributed by atoms with Crippen LogP contribution in [0, 0.1) is 0 Å². The van der Waals surface area contributed by atoms with Crippen LogP contribution >= 0.6 is 0 Å². The largest absolute Gasteiger partial charge is 0.404 e. The Morgan fingerprint density at radius 1 is 0.778 bits per heavy atom. The zero-order valence-electron chi connectivity index (χ0n) is 9.07. The van der Waals surface area contributed by atoms with Crippen LogP contribution in [-0.4, -0.2) is 20.4 Å². The van der Waals surface area contributed by atoms with Gasteiger partial charge in [0.2, 0.25) is 11.8 Å². The zero-order valence-corrected chi connectivity index (χ0v) is 9.07. The summed E-state index contributed by atoms with van der Waals surface area (Å²) in [5, 5.41) is 14.8. The molecular formula is C10H8N6O2. The molecule has 0 aliphatic rings. The summed E-state index contributed by atoms with van der Waals surface area (Å²) in [5.41, 5.74) is 12.1. The van der Waals surface area contributed by atoms with Crippen molar-refractivity contribution in [2.45, 2.75) is 0 Å². The molecule has 3 aromatic rings. The fraction of sp³-hybridized carbons (Fsp3) is 0. The third kappa shape index (κ3) is 1.75. The van der Waals surface area contributed by atoms with Gasteiger partial charge in [0, 0.05) is 11.1 Å². The van der Waals surface area contributed by atoms with Crippen LogP contribution in [0.4, 0.5) is 12.0 Å². The predicted molar refractivity (Wildman–Crippen MR) is 61.9 cm³/mol. The first kappa shape index (κ1) is 10.3. The summed E-state index contributed by atoms with van der Waals surface area (Å²) in [6, 6.07) is 7.19. The van der Waals surface area contributed by atoms with E-state index in [1.807, 2.05) is 0 Å². The molecule has 0 unspecified atom stereocenters. The van der Waals surface area contributed by atoms with Crippen LogP contribution in [0.5, 0.6) is 0 Å². The third-order valence-electron chi connectivity index (χ3n) is 2.24. The second-order valence-electron chi connectivity index (χ2n) is 3.47. The first-order chi connectivity index (χ1) is 8.72. The Balaban J connectivity index is 2.04. The number of nitrogens with two attached hydrogens (primary N) is 2. The van der Waals surface area contributed by atoms with Gasteiger partial charge in [0.15, 0.2) is 0 Å². The molecule has 0 saturated carbocycles. The summed E-state index contributed by atoms with van der Waals surface area (Å²) in [6.07, 6.45) is 0. The van der Waals surface area contributed by atoms with Gasteiger partial charge in [-0.3, -0.25) is 0 Å². The fourth-order valence-corrected chi connectivity index (χ4v) is 1.49. The SMILES string of the molecule is Nc1nnc(-c2cccc(-c3nnc(N)o3)c2)o1. The minimum atomic E-state index is 0.0115. The maximum Gasteiger partial charge on any atom is 0.313 e. The maximum atomic E-state index is 5.37. The van der Waals surface area contributed by atoms with Gasteiger partial charge in [-0.25, -0.2) is 0 Å². The summed E-state index contributed by atoms with van der Waals surface area (Å²) in [4.78, 5) is 0. The van der Waals surface area contributed by atoms with Crippen molar-refractivity contribution in [1.82, 2.24) is 20.4 Å². The van der Waals surface area contributed by atoms with E-state index in [9.17, 15) is 0 Å². The predicted octanol–water partition coefficient (Wildman–Crippen LogP) is 0.951. The van der Waals surface area contributed by atoms with E-state index in [0.717, 1.165) is 0 Å². The van der Waals surface area contributed by atoms with Gasteiger partial charge in [-0.05, 0) is 18.2 Å². The quantitative estimate of drug-likeness (QED) is 0.681.